The van der Waals surface area contributed by atoms with E-state index in [0.717, 1.165) is 23.2 Å². The number of anilines is 1. The number of nitrogens with one attached hydrogen (secondary N) is 2. The van der Waals surface area contributed by atoms with Crippen LogP contribution in [0.1, 0.15) is 22.7 Å². The summed E-state index contributed by atoms with van der Waals surface area (Å²) in [6, 6.07) is 21.6. The van der Waals surface area contributed by atoms with Crippen LogP contribution in [0.5, 0.6) is 0 Å². The maximum Gasteiger partial charge on any atom is 0.315 e. The van der Waals surface area contributed by atoms with E-state index in [1.54, 1.807) is 17.0 Å². The molecule has 0 fully saturated rings. The van der Waals surface area contributed by atoms with Gasteiger partial charge in [-0.2, -0.15) is 0 Å². The van der Waals surface area contributed by atoms with Gasteiger partial charge in [0.15, 0.2) is 0 Å². The second-order valence-corrected chi connectivity index (χ2v) is 7.17. The Balaban J connectivity index is 1.50. The lowest BCUT2D eigenvalue weighted by molar-refractivity contribution is -0.120. The fourth-order valence-electron chi connectivity index (χ4n) is 3.62. The summed E-state index contributed by atoms with van der Waals surface area (Å²) in [4.78, 5) is 27.7. The van der Waals surface area contributed by atoms with Gasteiger partial charge in [0.1, 0.15) is 11.9 Å². The first-order chi connectivity index (χ1) is 14.6. The number of benzene rings is 3. The molecular formula is C24H22FN3O2. The molecule has 0 saturated carbocycles. The number of para-hydroxylation sites is 1. The topological polar surface area (TPSA) is 61.4 Å². The minimum absolute atomic E-state index is 0.178. The molecule has 4 rings (SSSR count). The average Bonchev–Trinajstić information content (AvgIpc) is 3.21. The first kappa shape index (κ1) is 19.6. The lowest BCUT2D eigenvalue weighted by atomic mass is 10.1. The van der Waals surface area contributed by atoms with Crippen LogP contribution in [-0.2, 0) is 17.8 Å². The molecular weight excluding hydrogens is 381 g/mol. The highest BCUT2D eigenvalue weighted by atomic mass is 19.1. The lowest BCUT2D eigenvalue weighted by Gasteiger charge is -2.25. The van der Waals surface area contributed by atoms with E-state index in [9.17, 15) is 14.0 Å². The molecule has 1 heterocycles. The van der Waals surface area contributed by atoms with Gasteiger partial charge in [0, 0.05) is 18.8 Å². The van der Waals surface area contributed by atoms with Crippen molar-refractivity contribution >= 4 is 17.6 Å². The highest BCUT2D eigenvalue weighted by Crippen LogP contribution is 2.30. The van der Waals surface area contributed by atoms with Crippen LogP contribution in [0, 0.1) is 5.82 Å². The molecule has 0 unspecified atom stereocenters. The molecule has 1 aliphatic rings. The molecule has 3 aromatic carbocycles. The maximum absolute atomic E-state index is 13.4. The van der Waals surface area contributed by atoms with Crippen molar-refractivity contribution in [3.05, 3.63) is 101 Å². The fraction of sp³-hybridized carbons (Fsp3) is 0.167. The molecule has 2 N–H and O–H groups in total. The van der Waals surface area contributed by atoms with Crippen LogP contribution in [0.15, 0.2) is 78.9 Å². The highest BCUT2D eigenvalue weighted by molar-refractivity contribution is 6.01. The Hall–Kier alpha value is -3.67. The molecule has 1 aliphatic heterocycles. The summed E-state index contributed by atoms with van der Waals surface area (Å²) >= 11 is 0. The molecule has 30 heavy (non-hydrogen) atoms. The third kappa shape index (κ3) is 4.33. The van der Waals surface area contributed by atoms with Gasteiger partial charge in [0.2, 0.25) is 0 Å². The summed E-state index contributed by atoms with van der Waals surface area (Å²) in [7, 11) is 0. The van der Waals surface area contributed by atoms with Crippen molar-refractivity contribution in [1.82, 2.24) is 10.6 Å². The van der Waals surface area contributed by atoms with E-state index in [4.69, 9.17) is 0 Å². The van der Waals surface area contributed by atoms with Crippen LogP contribution in [0.3, 0.4) is 0 Å². The summed E-state index contributed by atoms with van der Waals surface area (Å²) in [5.41, 5.74) is 3.49. The average molecular weight is 403 g/mol. The zero-order valence-electron chi connectivity index (χ0n) is 16.3. The lowest BCUT2D eigenvalue weighted by Crippen LogP contribution is -2.45. The van der Waals surface area contributed by atoms with Gasteiger partial charge in [-0.05, 0) is 41.3 Å². The predicted molar refractivity (Wildman–Crippen MR) is 113 cm³/mol. The van der Waals surface area contributed by atoms with Crippen molar-refractivity contribution in [3.63, 3.8) is 0 Å². The Morgan fingerprint density at radius 1 is 0.933 bits per heavy atom. The summed E-state index contributed by atoms with van der Waals surface area (Å²) in [6.07, 6.45) is 0.792. The molecule has 0 bridgehead atoms. The Morgan fingerprint density at radius 2 is 1.63 bits per heavy atom. The Bertz CT molecular complexity index is 1040. The first-order valence-corrected chi connectivity index (χ1v) is 9.85. The summed E-state index contributed by atoms with van der Waals surface area (Å²) in [5.74, 6) is -0.507. The van der Waals surface area contributed by atoms with Crippen molar-refractivity contribution in [2.75, 3.05) is 11.4 Å². The largest absolute Gasteiger partial charge is 0.334 e. The number of nitrogens with zero attached hydrogens (tertiary/aromatic N) is 1. The number of rotatable bonds is 5. The third-order valence-electron chi connectivity index (χ3n) is 5.17. The van der Waals surface area contributed by atoms with Gasteiger partial charge in [0.25, 0.3) is 5.91 Å². The van der Waals surface area contributed by atoms with Crippen LogP contribution in [-0.4, -0.2) is 18.5 Å². The second-order valence-electron chi connectivity index (χ2n) is 7.17. The normalized spacial score (nSPS) is 13.4. The van der Waals surface area contributed by atoms with Crippen molar-refractivity contribution in [2.24, 2.45) is 0 Å². The van der Waals surface area contributed by atoms with E-state index in [1.807, 2.05) is 54.6 Å². The molecule has 0 aromatic heterocycles. The first-order valence-electron chi connectivity index (χ1n) is 9.85. The van der Waals surface area contributed by atoms with E-state index >= 15 is 0 Å². The van der Waals surface area contributed by atoms with Gasteiger partial charge >= 0.3 is 6.03 Å². The molecule has 6 heteroatoms. The number of halogens is 1. The summed E-state index contributed by atoms with van der Waals surface area (Å²) < 4.78 is 13.0. The number of hydrogen-bond acceptors (Lipinski definition) is 2. The molecule has 5 nitrogen and oxygen atoms in total. The van der Waals surface area contributed by atoms with E-state index in [2.05, 4.69) is 10.6 Å². The predicted octanol–water partition coefficient (Wildman–Crippen LogP) is 3.96. The van der Waals surface area contributed by atoms with Gasteiger partial charge in [-0.15, -0.1) is 0 Å². The molecule has 0 aliphatic carbocycles. The Morgan fingerprint density at radius 3 is 2.40 bits per heavy atom. The fourth-order valence-corrected chi connectivity index (χ4v) is 3.62. The van der Waals surface area contributed by atoms with Crippen LogP contribution in [0.4, 0.5) is 14.9 Å². The van der Waals surface area contributed by atoms with Crippen molar-refractivity contribution in [2.45, 2.75) is 19.0 Å². The molecule has 1 atom stereocenters. The Kier molecular flexibility index (Phi) is 5.75. The minimum Gasteiger partial charge on any atom is -0.334 e. The van der Waals surface area contributed by atoms with Gasteiger partial charge in [-0.25, -0.2) is 9.18 Å². The van der Waals surface area contributed by atoms with E-state index in [0.29, 0.717) is 12.1 Å². The summed E-state index contributed by atoms with van der Waals surface area (Å²) in [5, 5.41) is 5.55. The minimum atomic E-state index is -0.814. The van der Waals surface area contributed by atoms with Crippen molar-refractivity contribution < 1.29 is 14.0 Å². The van der Waals surface area contributed by atoms with Crippen LogP contribution >= 0.6 is 0 Å². The molecule has 3 amide bonds. The van der Waals surface area contributed by atoms with Gasteiger partial charge in [-0.3, -0.25) is 4.79 Å². The van der Waals surface area contributed by atoms with Crippen molar-refractivity contribution in [1.29, 1.82) is 0 Å². The van der Waals surface area contributed by atoms with Crippen LogP contribution in [0.2, 0.25) is 0 Å². The van der Waals surface area contributed by atoms with Gasteiger partial charge < -0.3 is 15.5 Å². The monoisotopic (exact) mass is 403 g/mol. The number of carbonyl (C=O) groups is 2. The van der Waals surface area contributed by atoms with Crippen LogP contribution < -0.4 is 15.5 Å². The molecule has 0 radical (unpaired) electrons. The number of hydrogen-bond donors (Lipinski definition) is 2. The SMILES string of the molecule is O=C(NCc1ccc(F)cc1)N[C@H](C(=O)N1CCc2ccccc21)c1ccccc1. The molecule has 3 aromatic rings. The highest BCUT2D eigenvalue weighted by Gasteiger charge is 2.32. The smallest absolute Gasteiger partial charge is 0.315 e. The summed E-state index contributed by atoms with van der Waals surface area (Å²) in [6.45, 7) is 0.814. The van der Waals surface area contributed by atoms with Gasteiger partial charge in [0.05, 0.1) is 0 Å². The van der Waals surface area contributed by atoms with E-state index in [-0.39, 0.29) is 18.3 Å². The molecule has 0 saturated heterocycles. The standard InChI is InChI=1S/C24H22FN3O2/c25-20-12-10-17(11-13-20)16-26-24(30)27-22(19-7-2-1-3-8-19)23(29)28-15-14-18-6-4-5-9-21(18)28/h1-13,22H,14-16H2,(H2,26,27,30)/t22-/m0/s1. The molecule has 152 valence electrons. The maximum atomic E-state index is 13.4. The number of fused-ring (bicyclic) bond motifs is 1. The van der Waals surface area contributed by atoms with Crippen LogP contribution in [0.25, 0.3) is 0 Å². The molecule has 0 spiro atoms. The van der Waals surface area contributed by atoms with Gasteiger partial charge in [-0.1, -0.05) is 60.7 Å². The number of carbonyl (C=O) groups excluding carboxylic acids is 2. The quantitative estimate of drug-likeness (QED) is 0.678. The zero-order chi connectivity index (χ0) is 20.9. The number of amides is 3. The zero-order valence-corrected chi connectivity index (χ0v) is 16.3. The third-order valence-corrected chi connectivity index (χ3v) is 5.17. The van der Waals surface area contributed by atoms with E-state index < -0.39 is 12.1 Å². The second kappa shape index (κ2) is 8.78. The van der Waals surface area contributed by atoms with Crippen molar-refractivity contribution in [3.8, 4) is 0 Å². The van der Waals surface area contributed by atoms with E-state index in [1.165, 1.54) is 12.1 Å². The Labute approximate surface area is 174 Å². The number of urea groups is 1.